The van der Waals surface area contributed by atoms with Gasteiger partial charge in [-0.05, 0) is 25.1 Å². The molecule has 1 atom stereocenters. The van der Waals surface area contributed by atoms with Gasteiger partial charge in [0.05, 0.1) is 6.61 Å². The number of halogens is 1. The molecule has 0 radical (unpaired) electrons. The van der Waals surface area contributed by atoms with E-state index in [2.05, 4.69) is 34.4 Å². The summed E-state index contributed by atoms with van der Waals surface area (Å²) in [4.78, 5) is 6.67. The molecule has 1 rings (SSSR count). The Kier molecular flexibility index (Phi) is 14.0. The van der Waals surface area contributed by atoms with Crippen LogP contribution in [0.2, 0.25) is 0 Å². The average molecular weight is 448 g/mol. The van der Waals surface area contributed by atoms with Crippen LogP contribution in [0.5, 0.6) is 0 Å². The first-order chi connectivity index (χ1) is 11.2. The Morgan fingerprint density at radius 1 is 1.17 bits per heavy atom. The lowest BCUT2D eigenvalue weighted by molar-refractivity contribution is 0.265. The summed E-state index contributed by atoms with van der Waals surface area (Å²) in [7, 11) is 1.77. The van der Waals surface area contributed by atoms with Gasteiger partial charge in [0, 0.05) is 32.6 Å². The van der Waals surface area contributed by atoms with E-state index in [1.54, 1.807) is 7.05 Å². The predicted molar refractivity (Wildman–Crippen MR) is 113 cm³/mol. The molecule has 0 aliphatic carbocycles. The van der Waals surface area contributed by atoms with E-state index in [0.29, 0.717) is 6.54 Å². The zero-order chi connectivity index (χ0) is 16.9. The molecule has 1 aromatic rings. The molecular formula is C18H33IN4O. The monoisotopic (exact) mass is 448 g/mol. The molecular weight excluding hydrogens is 415 g/mol. The molecule has 1 unspecified atom stereocenters. The van der Waals surface area contributed by atoms with Crippen LogP contribution in [0.25, 0.3) is 0 Å². The Balaban J connectivity index is 0.00000529. The second-order valence-corrected chi connectivity index (χ2v) is 5.60. The van der Waals surface area contributed by atoms with Crippen molar-refractivity contribution < 1.29 is 5.11 Å². The van der Waals surface area contributed by atoms with Crippen LogP contribution in [0, 0.1) is 0 Å². The fourth-order valence-electron chi connectivity index (χ4n) is 2.53. The maximum absolute atomic E-state index is 9.60. The van der Waals surface area contributed by atoms with Crippen molar-refractivity contribution >= 4 is 29.9 Å². The largest absolute Gasteiger partial charge is 0.396 e. The fraction of sp³-hybridized carbons (Fsp3) is 0.611. The predicted octanol–water partition coefficient (Wildman–Crippen LogP) is 2.28. The number of aliphatic hydroxyl groups is 1. The van der Waals surface area contributed by atoms with Crippen molar-refractivity contribution in [2.75, 3.05) is 46.4 Å². The van der Waals surface area contributed by atoms with Gasteiger partial charge in [0.1, 0.15) is 0 Å². The number of guanidine groups is 1. The number of nitrogens with zero attached hydrogens (tertiary/aromatic N) is 2. The molecule has 24 heavy (non-hydrogen) atoms. The SMILES string of the molecule is CCCN(CC)CCNC(=NC)NCC(CO)c1ccccc1.I. The third kappa shape index (κ3) is 8.84. The summed E-state index contributed by atoms with van der Waals surface area (Å²) >= 11 is 0. The third-order valence-corrected chi connectivity index (χ3v) is 3.94. The van der Waals surface area contributed by atoms with Crippen LogP contribution in [-0.4, -0.2) is 62.3 Å². The van der Waals surface area contributed by atoms with Gasteiger partial charge in [-0.25, -0.2) is 0 Å². The van der Waals surface area contributed by atoms with Gasteiger partial charge in [-0.15, -0.1) is 24.0 Å². The van der Waals surface area contributed by atoms with E-state index in [1.807, 2.05) is 30.3 Å². The van der Waals surface area contributed by atoms with Crippen LogP contribution in [0.4, 0.5) is 0 Å². The molecule has 0 fully saturated rings. The maximum Gasteiger partial charge on any atom is 0.191 e. The van der Waals surface area contributed by atoms with E-state index in [-0.39, 0.29) is 36.5 Å². The Bertz CT molecular complexity index is 442. The lowest BCUT2D eigenvalue weighted by atomic mass is 10.0. The molecule has 0 bridgehead atoms. The summed E-state index contributed by atoms with van der Waals surface area (Å²) in [6, 6.07) is 10.1. The van der Waals surface area contributed by atoms with Gasteiger partial charge < -0.3 is 20.6 Å². The van der Waals surface area contributed by atoms with Crippen molar-refractivity contribution in [3.63, 3.8) is 0 Å². The molecule has 1 aromatic carbocycles. The van der Waals surface area contributed by atoms with Crippen LogP contribution >= 0.6 is 24.0 Å². The van der Waals surface area contributed by atoms with Gasteiger partial charge in [0.15, 0.2) is 5.96 Å². The summed E-state index contributed by atoms with van der Waals surface area (Å²) in [5.74, 6) is 0.855. The Labute approximate surface area is 164 Å². The van der Waals surface area contributed by atoms with Crippen molar-refractivity contribution in [2.45, 2.75) is 26.2 Å². The summed E-state index contributed by atoms with van der Waals surface area (Å²) < 4.78 is 0. The van der Waals surface area contributed by atoms with Gasteiger partial charge in [-0.2, -0.15) is 0 Å². The molecule has 3 N–H and O–H groups in total. The lowest BCUT2D eigenvalue weighted by Crippen LogP contribution is -2.43. The quantitative estimate of drug-likeness (QED) is 0.292. The highest BCUT2D eigenvalue weighted by Crippen LogP contribution is 2.13. The second-order valence-electron chi connectivity index (χ2n) is 5.60. The average Bonchev–Trinajstić information content (AvgIpc) is 2.60. The smallest absolute Gasteiger partial charge is 0.191 e. The summed E-state index contributed by atoms with van der Waals surface area (Å²) in [6.07, 6.45) is 1.18. The van der Waals surface area contributed by atoms with Crippen molar-refractivity contribution in [2.24, 2.45) is 4.99 Å². The van der Waals surface area contributed by atoms with Crippen molar-refractivity contribution in [1.82, 2.24) is 15.5 Å². The first-order valence-corrected chi connectivity index (χ1v) is 8.57. The summed E-state index contributed by atoms with van der Waals surface area (Å²) in [5.41, 5.74) is 1.14. The van der Waals surface area contributed by atoms with Crippen molar-refractivity contribution in [1.29, 1.82) is 0 Å². The lowest BCUT2D eigenvalue weighted by Gasteiger charge is -2.21. The molecule has 0 spiro atoms. The van der Waals surface area contributed by atoms with Crippen molar-refractivity contribution in [3.8, 4) is 0 Å². The van der Waals surface area contributed by atoms with E-state index >= 15 is 0 Å². The first-order valence-electron chi connectivity index (χ1n) is 8.57. The van der Waals surface area contributed by atoms with E-state index < -0.39 is 0 Å². The second kappa shape index (κ2) is 14.5. The molecule has 0 saturated heterocycles. The number of nitrogens with one attached hydrogen (secondary N) is 2. The van der Waals surface area contributed by atoms with Crippen molar-refractivity contribution in [3.05, 3.63) is 35.9 Å². The minimum atomic E-state index is 0. The molecule has 6 heteroatoms. The fourth-order valence-corrected chi connectivity index (χ4v) is 2.53. The molecule has 0 aromatic heterocycles. The zero-order valence-electron chi connectivity index (χ0n) is 15.2. The molecule has 5 nitrogen and oxygen atoms in total. The molecule has 138 valence electrons. The van der Waals surface area contributed by atoms with Gasteiger partial charge >= 0.3 is 0 Å². The van der Waals surface area contributed by atoms with E-state index in [9.17, 15) is 5.11 Å². The van der Waals surface area contributed by atoms with Gasteiger partial charge in [-0.1, -0.05) is 44.2 Å². The Morgan fingerprint density at radius 3 is 2.42 bits per heavy atom. The minimum absolute atomic E-state index is 0. The number of aliphatic hydroxyl groups excluding tert-OH is 1. The van der Waals surface area contributed by atoms with Crippen LogP contribution in [0.3, 0.4) is 0 Å². The number of benzene rings is 1. The Morgan fingerprint density at radius 2 is 1.88 bits per heavy atom. The minimum Gasteiger partial charge on any atom is -0.396 e. The third-order valence-electron chi connectivity index (χ3n) is 3.94. The molecule has 0 amide bonds. The highest BCUT2D eigenvalue weighted by Gasteiger charge is 2.10. The first kappa shape index (κ1) is 23.1. The highest BCUT2D eigenvalue weighted by atomic mass is 127. The van der Waals surface area contributed by atoms with Gasteiger partial charge in [0.2, 0.25) is 0 Å². The Hall–Kier alpha value is -0.860. The van der Waals surface area contributed by atoms with Gasteiger partial charge in [0.25, 0.3) is 0 Å². The molecule has 0 saturated carbocycles. The number of hydrogen-bond donors (Lipinski definition) is 3. The number of rotatable bonds is 10. The number of likely N-dealkylation sites (N-methyl/N-ethyl adjacent to an activating group) is 1. The highest BCUT2D eigenvalue weighted by molar-refractivity contribution is 14.0. The standard InChI is InChI=1S/C18H32N4O.HI/c1-4-12-22(5-2)13-11-20-18(19-3)21-14-17(15-23)16-9-7-6-8-10-16;/h6-10,17,23H,4-5,11-15H2,1-3H3,(H2,19,20,21);1H. The molecule has 0 heterocycles. The van der Waals surface area contributed by atoms with Gasteiger partial charge in [-0.3, -0.25) is 4.99 Å². The zero-order valence-corrected chi connectivity index (χ0v) is 17.5. The van der Waals surface area contributed by atoms with E-state index in [0.717, 1.165) is 37.7 Å². The molecule has 0 aliphatic rings. The normalized spacial score (nSPS) is 12.6. The molecule has 0 aliphatic heterocycles. The van der Waals surface area contributed by atoms with Crippen LogP contribution in [-0.2, 0) is 0 Å². The summed E-state index contributed by atoms with van der Waals surface area (Å²) in [6.45, 7) is 9.24. The number of hydrogen-bond acceptors (Lipinski definition) is 3. The maximum atomic E-state index is 9.60. The van der Waals surface area contributed by atoms with E-state index in [1.165, 1.54) is 6.42 Å². The summed E-state index contributed by atoms with van der Waals surface area (Å²) in [5, 5.41) is 16.2. The number of aliphatic imine (C=N–C) groups is 1. The van der Waals surface area contributed by atoms with Crippen LogP contribution in [0.1, 0.15) is 31.7 Å². The van der Waals surface area contributed by atoms with Crippen LogP contribution in [0.15, 0.2) is 35.3 Å². The van der Waals surface area contributed by atoms with Crippen LogP contribution < -0.4 is 10.6 Å². The topological polar surface area (TPSA) is 59.9 Å². The van der Waals surface area contributed by atoms with E-state index in [4.69, 9.17) is 0 Å².